The van der Waals surface area contributed by atoms with E-state index in [1.807, 2.05) is 0 Å². The molecule has 6 rings (SSSR count). The molecule has 0 saturated carbocycles. The summed E-state index contributed by atoms with van der Waals surface area (Å²) in [7, 11) is 0. The fourth-order valence-corrected chi connectivity index (χ4v) is 9.39. The summed E-state index contributed by atoms with van der Waals surface area (Å²) >= 11 is 0. The molecule has 2 aliphatic rings. The molecule has 0 aliphatic carbocycles. The lowest BCUT2D eigenvalue weighted by Crippen LogP contribution is -2.45. The average molecular weight is 693 g/mol. The number of aromatic nitrogens is 8. The van der Waals surface area contributed by atoms with Crippen molar-refractivity contribution < 1.29 is 0 Å². The van der Waals surface area contributed by atoms with Gasteiger partial charge in [-0.3, -0.25) is 0 Å². The van der Waals surface area contributed by atoms with E-state index in [0.717, 1.165) is 105 Å². The first-order valence-corrected chi connectivity index (χ1v) is 20.3. The minimum atomic E-state index is 0.883. The Morgan fingerprint density at radius 2 is 0.400 bits per heavy atom. The molecule has 12 nitrogen and oxygen atoms in total. The third kappa shape index (κ3) is 4.89. The fraction of sp³-hybridized carbons (Fsp3) is 0.737. The number of aryl methyl sites for hydroxylation is 8. The highest BCUT2D eigenvalue weighted by Crippen LogP contribution is 2.42. The molecule has 0 spiro atoms. The molecule has 280 valence electrons. The Morgan fingerprint density at radius 3 is 0.540 bits per heavy atom. The van der Waals surface area contributed by atoms with Gasteiger partial charge in [-0.15, -0.1) is 0 Å². The van der Waals surface area contributed by atoms with Crippen LogP contribution in [0, 0.1) is 0 Å². The Kier molecular flexibility index (Phi) is 10.5. The van der Waals surface area contributed by atoms with Crippen LogP contribution in [0.1, 0.15) is 83.1 Å². The maximum Gasteiger partial charge on any atom is 0.158 e. The normalized spacial score (nSPS) is 14.9. The van der Waals surface area contributed by atoms with Gasteiger partial charge in [0.15, 0.2) is 57.2 Å². The van der Waals surface area contributed by atoms with Crippen molar-refractivity contribution in [2.45, 2.75) is 135 Å². The minimum absolute atomic E-state index is 0.883. The zero-order valence-corrected chi connectivity index (χ0v) is 33.7. The van der Waals surface area contributed by atoms with Crippen LogP contribution >= 0.6 is 0 Å². The molecule has 0 amide bonds. The summed E-state index contributed by atoms with van der Waals surface area (Å²) in [6.45, 7) is 43.5. The Balaban J connectivity index is 2.02. The Hall–Kier alpha value is -3.70. The second kappa shape index (κ2) is 14.5. The maximum atomic E-state index is 2.67. The molecule has 0 bridgehead atoms. The number of rotatable bonds is 12. The standard InChI is InChI=1S/C38H68N12/c1-13-39-25-26-40(14-2)30-29(39)43(17-5)33-34(44(30)18-6)48(22-10)38-37(47(33)21-9)49(23-11)35-36(50(38)24-12)46(20-8)32-31(45(35)19-7)41(15-3)27-28-42(32)16-4/h13-28H2,1-12H3. The molecule has 0 atom stereocenters. The SMILES string of the molecule is CCN1CCN(CC)c2c1n(CC)c1c(n2CC)n(CC)c2c(n1CC)n(CC)c1c(n(CC)c3c(n1CC)N(CC)CCN3CC)n2CC. The van der Waals surface area contributed by atoms with Gasteiger partial charge in [0.05, 0.1) is 0 Å². The van der Waals surface area contributed by atoms with Crippen LogP contribution in [0.15, 0.2) is 0 Å². The van der Waals surface area contributed by atoms with Gasteiger partial charge in [-0.2, -0.15) is 0 Å². The van der Waals surface area contributed by atoms with E-state index >= 15 is 0 Å². The highest BCUT2D eigenvalue weighted by Gasteiger charge is 2.34. The highest BCUT2D eigenvalue weighted by atomic mass is 15.4. The van der Waals surface area contributed by atoms with E-state index < -0.39 is 0 Å². The van der Waals surface area contributed by atoms with Crippen molar-refractivity contribution in [1.29, 1.82) is 0 Å². The van der Waals surface area contributed by atoms with Crippen LogP contribution in [0.3, 0.4) is 0 Å². The van der Waals surface area contributed by atoms with Crippen LogP contribution in [0.25, 0.3) is 33.9 Å². The lowest BCUT2D eigenvalue weighted by Gasteiger charge is -2.43. The molecule has 4 aromatic rings. The highest BCUT2D eigenvalue weighted by molar-refractivity contribution is 5.92. The van der Waals surface area contributed by atoms with E-state index in [4.69, 9.17) is 0 Å². The van der Waals surface area contributed by atoms with Gasteiger partial charge in [-0.25, -0.2) is 0 Å². The van der Waals surface area contributed by atoms with Crippen molar-refractivity contribution in [1.82, 2.24) is 36.5 Å². The Bertz CT molecular complexity index is 1660. The summed E-state index contributed by atoms with van der Waals surface area (Å²) < 4.78 is 21.3. The van der Waals surface area contributed by atoms with Gasteiger partial charge < -0.3 is 56.1 Å². The van der Waals surface area contributed by atoms with E-state index in [-0.39, 0.29) is 0 Å². The summed E-state index contributed by atoms with van der Waals surface area (Å²) in [6.07, 6.45) is 0. The van der Waals surface area contributed by atoms with E-state index in [9.17, 15) is 0 Å². The smallest absolute Gasteiger partial charge is 0.158 e. The number of hydrogen-bond donors (Lipinski definition) is 0. The number of fused-ring (bicyclic) bond motifs is 5. The van der Waals surface area contributed by atoms with Crippen LogP contribution in [0.5, 0.6) is 0 Å². The molecular weight excluding hydrogens is 625 g/mol. The predicted octanol–water partition coefficient (Wildman–Crippen LogP) is 7.30. The molecule has 50 heavy (non-hydrogen) atoms. The van der Waals surface area contributed by atoms with Crippen molar-refractivity contribution in [3.8, 4) is 0 Å². The van der Waals surface area contributed by atoms with Gasteiger partial charge in [-0.1, -0.05) is 0 Å². The maximum absolute atomic E-state index is 2.67. The van der Waals surface area contributed by atoms with Gasteiger partial charge in [0.2, 0.25) is 0 Å². The van der Waals surface area contributed by atoms with Crippen molar-refractivity contribution in [3.63, 3.8) is 0 Å². The van der Waals surface area contributed by atoms with E-state index in [0.29, 0.717) is 0 Å². The number of anilines is 4. The third-order valence-corrected chi connectivity index (χ3v) is 11.6. The molecular formula is C38H68N12. The largest absolute Gasteiger partial charge is 0.353 e. The van der Waals surface area contributed by atoms with Crippen LogP contribution in [0.4, 0.5) is 23.3 Å². The van der Waals surface area contributed by atoms with Crippen LogP contribution < -0.4 is 19.6 Å². The van der Waals surface area contributed by atoms with Crippen LogP contribution in [0.2, 0.25) is 0 Å². The molecule has 6 heterocycles. The predicted molar refractivity (Wildman–Crippen MR) is 215 cm³/mol. The summed E-state index contributed by atoms with van der Waals surface area (Å²) in [5, 5.41) is 0. The summed E-state index contributed by atoms with van der Waals surface area (Å²) in [6, 6.07) is 0. The van der Waals surface area contributed by atoms with Gasteiger partial charge >= 0.3 is 0 Å². The van der Waals surface area contributed by atoms with Gasteiger partial charge in [-0.05, 0) is 83.1 Å². The molecule has 0 saturated heterocycles. The first-order chi connectivity index (χ1) is 24.4. The number of nitrogens with zero attached hydrogens (tertiary/aromatic N) is 12. The van der Waals surface area contributed by atoms with E-state index in [2.05, 4.69) is 139 Å². The zero-order valence-electron chi connectivity index (χ0n) is 33.7. The summed E-state index contributed by atoms with van der Waals surface area (Å²) in [5.41, 5.74) is 7.91. The van der Waals surface area contributed by atoms with Gasteiger partial charge in [0.25, 0.3) is 0 Å². The summed E-state index contributed by atoms with van der Waals surface area (Å²) in [5.74, 6) is 5.48. The second-order valence-corrected chi connectivity index (χ2v) is 13.5. The lowest BCUT2D eigenvalue weighted by molar-refractivity contribution is 0.575. The van der Waals surface area contributed by atoms with Gasteiger partial charge in [0, 0.05) is 105 Å². The Morgan fingerprint density at radius 1 is 0.240 bits per heavy atom. The first kappa shape index (κ1) is 36.1. The molecule has 12 heteroatoms. The van der Waals surface area contributed by atoms with Crippen LogP contribution in [-0.4, -0.2) is 88.9 Å². The molecule has 2 aliphatic heterocycles. The number of hydrogen-bond acceptors (Lipinski definition) is 4. The molecule has 0 N–H and O–H groups in total. The van der Waals surface area contributed by atoms with Crippen molar-refractivity contribution in [3.05, 3.63) is 0 Å². The Labute approximate surface area is 300 Å². The number of likely N-dealkylation sites (N-methyl/N-ethyl adjacent to an activating group) is 4. The fourth-order valence-electron chi connectivity index (χ4n) is 9.39. The molecule has 0 aromatic carbocycles. The third-order valence-electron chi connectivity index (χ3n) is 11.6. The minimum Gasteiger partial charge on any atom is -0.353 e. The molecule has 0 fully saturated rings. The molecule has 0 radical (unpaired) electrons. The van der Waals surface area contributed by atoms with Crippen molar-refractivity contribution in [2.24, 2.45) is 0 Å². The topological polar surface area (TPSA) is 52.4 Å². The molecule has 0 unspecified atom stereocenters. The second-order valence-electron chi connectivity index (χ2n) is 13.5. The average Bonchev–Trinajstić information content (AvgIpc) is 3.16. The first-order valence-electron chi connectivity index (χ1n) is 20.3. The summed E-state index contributed by atoms with van der Waals surface area (Å²) in [4.78, 5) is 10.5. The van der Waals surface area contributed by atoms with Crippen molar-refractivity contribution >= 4 is 57.2 Å². The van der Waals surface area contributed by atoms with E-state index in [1.54, 1.807) is 0 Å². The van der Waals surface area contributed by atoms with Crippen molar-refractivity contribution in [2.75, 3.05) is 72.0 Å². The van der Waals surface area contributed by atoms with Gasteiger partial charge in [0.1, 0.15) is 0 Å². The lowest BCUT2D eigenvalue weighted by atomic mass is 10.2. The quantitative estimate of drug-likeness (QED) is 0.146. The van der Waals surface area contributed by atoms with E-state index in [1.165, 1.54) is 57.2 Å². The zero-order chi connectivity index (χ0) is 36.0. The monoisotopic (exact) mass is 693 g/mol. The molecule has 4 aromatic heterocycles. The van der Waals surface area contributed by atoms with Crippen LogP contribution in [-0.2, 0) is 52.4 Å².